The highest BCUT2D eigenvalue weighted by Gasteiger charge is 2.14. The van der Waals surface area contributed by atoms with Crippen LogP contribution in [0.5, 0.6) is 0 Å². The summed E-state index contributed by atoms with van der Waals surface area (Å²) in [4.78, 5) is 16.5. The fourth-order valence-corrected chi connectivity index (χ4v) is 3.08. The van der Waals surface area contributed by atoms with Crippen LogP contribution in [-0.2, 0) is 0 Å². The molecule has 0 saturated carbocycles. The molecule has 3 aromatic rings. The van der Waals surface area contributed by atoms with Crippen LogP contribution in [0.2, 0.25) is 10.0 Å². The summed E-state index contributed by atoms with van der Waals surface area (Å²) < 4.78 is 1.50. The van der Waals surface area contributed by atoms with Gasteiger partial charge in [-0.15, -0.1) is 0 Å². The molecule has 0 amide bonds. The second-order valence-corrected chi connectivity index (χ2v) is 5.73. The van der Waals surface area contributed by atoms with Crippen LogP contribution in [-0.4, -0.2) is 9.55 Å². The highest BCUT2D eigenvalue weighted by molar-refractivity contribution is 6.32. The van der Waals surface area contributed by atoms with E-state index in [9.17, 15) is 4.79 Å². The lowest BCUT2D eigenvalue weighted by molar-refractivity contribution is 0.939. The largest absolute Gasteiger partial charge is 0.352 e. The molecule has 0 aliphatic rings. The van der Waals surface area contributed by atoms with Crippen molar-refractivity contribution >= 4 is 34.1 Å². The van der Waals surface area contributed by atoms with Crippen LogP contribution in [0.1, 0.15) is 11.3 Å². The van der Waals surface area contributed by atoms with E-state index in [1.54, 1.807) is 18.2 Å². The second kappa shape index (κ2) is 5.17. The van der Waals surface area contributed by atoms with Gasteiger partial charge in [-0.05, 0) is 43.7 Å². The van der Waals surface area contributed by atoms with Gasteiger partial charge in [0.25, 0.3) is 0 Å². The van der Waals surface area contributed by atoms with Crippen molar-refractivity contribution in [3.63, 3.8) is 0 Å². The number of hydrogen-bond donors (Lipinski definition) is 0. The number of aryl methyl sites for hydroxylation is 2. The van der Waals surface area contributed by atoms with E-state index in [-0.39, 0.29) is 5.69 Å². The van der Waals surface area contributed by atoms with Crippen LogP contribution in [0.25, 0.3) is 16.6 Å². The van der Waals surface area contributed by atoms with E-state index in [1.165, 1.54) is 4.57 Å². The maximum absolute atomic E-state index is 12.4. The minimum absolute atomic E-state index is 0.366. The Morgan fingerprint density at radius 3 is 2.52 bits per heavy atom. The highest BCUT2D eigenvalue weighted by Crippen LogP contribution is 2.28. The van der Waals surface area contributed by atoms with Crippen LogP contribution >= 0.6 is 23.2 Å². The minimum Gasteiger partial charge on any atom is -0.259 e. The molecule has 3 nitrogen and oxygen atoms in total. The molecule has 0 radical (unpaired) electrons. The van der Waals surface area contributed by atoms with E-state index in [2.05, 4.69) is 4.98 Å². The summed E-state index contributed by atoms with van der Waals surface area (Å²) in [7, 11) is 0. The first-order valence-electron chi connectivity index (χ1n) is 6.43. The summed E-state index contributed by atoms with van der Waals surface area (Å²) in [6.07, 6.45) is 0. The number of aromatic nitrogens is 2. The third kappa shape index (κ3) is 2.33. The van der Waals surface area contributed by atoms with Gasteiger partial charge in [0.05, 0.1) is 21.9 Å². The average Bonchev–Trinajstić information content (AvgIpc) is 2.39. The van der Waals surface area contributed by atoms with Gasteiger partial charge in [-0.1, -0.05) is 35.3 Å². The molecule has 0 unspecified atom stereocenters. The van der Waals surface area contributed by atoms with Crippen molar-refractivity contribution in [1.29, 1.82) is 0 Å². The lowest BCUT2D eigenvalue weighted by Crippen LogP contribution is -2.23. The Morgan fingerprint density at radius 2 is 1.81 bits per heavy atom. The second-order valence-electron chi connectivity index (χ2n) is 4.88. The number of rotatable bonds is 1. The summed E-state index contributed by atoms with van der Waals surface area (Å²) >= 11 is 12.4. The predicted octanol–water partition coefficient (Wildman–Crippen LogP) is 4.31. The highest BCUT2D eigenvalue weighted by atomic mass is 35.5. The Hall–Kier alpha value is -1.84. The number of hydrogen-bond acceptors (Lipinski definition) is 2. The summed E-state index contributed by atoms with van der Waals surface area (Å²) in [5, 5.41) is 1.98. The first-order valence-corrected chi connectivity index (χ1v) is 7.19. The SMILES string of the molecule is Cc1cc(Cl)cc2c1c(C)nc(=O)n2-c1ccccc1Cl. The molecule has 5 heteroatoms. The predicted molar refractivity (Wildman–Crippen MR) is 86.8 cm³/mol. The zero-order chi connectivity index (χ0) is 15.1. The zero-order valence-electron chi connectivity index (χ0n) is 11.5. The Kier molecular flexibility index (Phi) is 3.47. The van der Waals surface area contributed by atoms with Crippen LogP contribution < -0.4 is 5.69 Å². The lowest BCUT2D eigenvalue weighted by Gasteiger charge is -2.14. The smallest absolute Gasteiger partial charge is 0.259 e. The van der Waals surface area contributed by atoms with Crippen molar-refractivity contribution in [3.8, 4) is 5.69 Å². The molecule has 3 rings (SSSR count). The van der Waals surface area contributed by atoms with Gasteiger partial charge in [-0.3, -0.25) is 4.57 Å². The molecule has 0 N–H and O–H groups in total. The molecule has 0 aliphatic carbocycles. The van der Waals surface area contributed by atoms with E-state index >= 15 is 0 Å². The van der Waals surface area contributed by atoms with Crippen molar-refractivity contribution in [3.05, 3.63) is 68.2 Å². The van der Waals surface area contributed by atoms with Crippen LogP contribution in [0.4, 0.5) is 0 Å². The van der Waals surface area contributed by atoms with Gasteiger partial charge in [0.15, 0.2) is 0 Å². The zero-order valence-corrected chi connectivity index (χ0v) is 13.0. The molecule has 1 heterocycles. The Labute approximate surface area is 131 Å². The number of nitrogens with zero attached hydrogens (tertiary/aromatic N) is 2. The Morgan fingerprint density at radius 1 is 1.10 bits per heavy atom. The van der Waals surface area contributed by atoms with Crippen molar-refractivity contribution in [1.82, 2.24) is 9.55 Å². The first kappa shape index (κ1) is 14.1. The van der Waals surface area contributed by atoms with Gasteiger partial charge >= 0.3 is 5.69 Å². The van der Waals surface area contributed by atoms with Gasteiger partial charge in [0.2, 0.25) is 0 Å². The van der Waals surface area contributed by atoms with Gasteiger partial charge in [0, 0.05) is 10.4 Å². The standard InChI is InChI=1S/C16H12Cl2N2O/c1-9-7-11(17)8-14-15(9)10(2)19-16(21)20(14)13-6-4-3-5-12(13)18/h3-8H,1-2H3. The van der Waals surface area contributed by atoms with Crippen molar-refractivity contribution in [2.75, 3.05) is 0 Å². The fourth-order valence-electron chi connectivity index (χ4n) is 2.59. The molecule has 0 atom stereocenters. The van der Waals surface area contributed by atoms with E-state index in [0.29, 0.717) is 26.9 Å². The van der Waals surface area contributed by atoms with Crippen LogP contribution in [0, 0.1) is 13.8 Å². The van der Waals surface area contributed by atoms with Gasteiger partial charge < -0.3 is 0 Å². The van der Waals surface area contributed by atoms with Crippen molar-refractivity contribution in [2.45, 2.75) is 13.8 Å². The van der Waals surface area contributed by atoms with Gasteiger partial charge in [-0.25, -0.2) is 4.79 Å². The third-order valence-corrected chi connectivity index (χ3v) is 3.97. The molecule has 1 aromatic heterocycles. The molecular weight excluding hydrogens is 307 g/mol. The summed E-state index contributed by atoms with van der Waals surface area (Å²) in [6, 6.07) is 10.8. The summed E-state index contributed by atoms with van der Waals surface area (Å²) in [5.74, 6) is 0. The molecule has 0 bridgehead atoms. The number of fused-ring (bicyclic) bond motifs is 1. The molecule has 0 saturated heterocycles. The molecule has 2 aromatic carbocycles. The summed E-state index contributed by atoms with van der Waals surface area (Å²) in [6.45, 7) is 3.77. The number of halogens is 2. The normalized spacial score (nSPS) is 11.0. The fraction of sp³-hybridized carbons (Fsp3) is 0.125. The Balaban J connectivity index is 2.54. The maximum Gasteiger partial charge on any atom is 0.352 e. The molecule has 0 aliphatic heterocycles. The molecule has 21 heavy (non-hydrogen) atoms. The Bertz CT molecular complexity index is 916. The van der Waals surface area contributed by atoms with E-state index < -0.39 is 0 Å². The first-order chi connectivity index (χ1) is 9.99. The quantitative estimate of drug-likeness (QED) is 0.670. The maximum atomic E-state index is 12.4. The molecule has 0 fully saturated rings. The number of benzene rings is 2. The van der Waals surface area contributed by atoms with Crippen molar-refractivity contribution in [2.24, 2.45) is 0 Å². The lowest BCUT2D eigenvalue weighted by atomic mass is 10.1. The number of para-hydroxylation sites is 1. The molecular formula is C16H12Cl2N2O. The summed E-state index contributed by atoms with van der Waals surface area (Å²) in [5.41, 5.74) is 2.61. The van der Waals surface area contributed by atoms with Crippen LogP contribution in [0.15, 0.2) is 41.2 Å². The average molecular weight is 319 g/mol. The topological polar surface area (TPSA) is 34.9 Å². The molecule has 0 spiro atoms. The van der Waals surface area contributed by atoms with E-state index in [1.807, 2.05) is 32.0 Å². The monoisotopic (exact) mass is 318 g/mol. The molecule has 106 valence electrons. The van der Waals surface area contributed by atoms with Crippen LogP contribution in [0.3, 0.4) is 0 Å². The van der Waals surface area contributed by atoms with Gasteiger partial charge in [0.1, 0.15) is 0 Å². The third-order valence-electron chi connectivity index (χ3n) is 3.43. The van der Waals surface area contributed by atoms with Crippen molar-refractivity contribution < 1.29 is 0 Å². The van der Waals surface area contributed by atoms with E-state index in [0.717, 1.165) is 10.9 Å². The minimum atomic E-state index is -0.366. The van der Waals surface area contributed by atoms with E-state index in [4.69, 9.17) is 23.2 Å². The van der Waals surface area contributed by atoms with Gasteiger partial charge in [-0.2, -0.15) is 4.98 Å².